The molecule has 0 aromatic carbocycles. The standard InChI is InChI=1S/C18H24O7/c1-11(2)16(19)22-7-8-23-18(21)15-12(3)5-4-6-14(15)17(20)25-10-13-9-24-13/h6,12-13,15H,1,4-5,7-10H2,2-3H3. The summed E-state index contributed by atoms with van der Waals surface area (Å²) in [4.78, 5) is 35.9. The minimum absolute atomic E-state index is 0.0287. The number of ether oxygens (including phenoxy) is 4. The van der Waals surface area contributed by atoms with Crippen molar-refractivity contribution in [3.8, 4) is 0 Å². The van der Waals surface area contributed by atoms with Crippen molar-refractivity contribution < 1.29 is 33.3 Å². The Morgan fingerprint density at radius 1 is 1.24 bits per heavy atom. The molecule has 3 unspecified atom stereocenters. The quantitative estimate of drug-likeness (QED) is 0.215. The molecule has 1 heterocycles. The number of carbonyl (C=O) groups is 3. The fourth-order valence-corrected chi connectivity index (χ4v) is 2.58. The SMILES string of the molecule is C=C(C)C(=O)OCCOC(=O)C1C(C(=O)OCC2CO2)=CCCC1C. The third-order valence-electron chi connectivity index (χ3n) is 4.09. The smallest absolute Gasteiger partial charge is 0.334 e. The molecule has 0 radical (unpaired) electrons. The molecule has 2 rings (SSSR count). The molecule has 1 aliphatic heterocycles. The molecule has 7 heteroatoms. The van der Waals surface area contributed by atoms with Crippen molar-refractivity contribution in [2.45, 2.75) is 32.8 Å². The molecule has 0 aromatic heterocycles. The van der Waals surface area contributed by atoms with Crippen molar-refractivity contribution in [1.82, 2.24) is 0 Å². The van der Waals surface area contributed by atoms with E-state index < -0.39 is 23.8 Å². The van der Waals surface area contributed by atoms with Gasteiger partial charge in [0.15, 0.2) is 0 Å². The van der Waals surface area contributed by atoms with Gasteiger partial charge in [-0.1, -0.05) is 19.6 Å². The van der Waals surface area contributed by atoms with Crippen molar-refractivity contribution in [3.05, 3.63) is 23.8 Å². The van der Waals surface area contributed by atoms with Crippen molar-refractivity contribution in [2.75, 3.05) is 26.4 Å². The van der Waals surface area contributed by atoms with Gasteiger partial charge < -0.3 is 18.9 Å². The van der Waals surface area contributed by atoms with Gasteiger partial charge in [0, 0.05) is 11.1 Å². The third-order valence-corrected chi connectivity index (χ3v) is 4.09. The number of rotatable bonds is 8. The maximum absolute atomic E-state index is 12.4. The molecule has 7 nitrogen and oxygen atoms in total. The van der Waals surface area contributed by atoms with Crippen LogP contribution in [0.3, 0.4) is 0 Å². The summed E-state index contributed by atoms with van der Waals surface area (Å²) in [5.41, 5.74) is 0.614. The maximum Gasteiger partial charge on any atom is 0.334 e. The van der Waals surface area contributed by atoms with Gasteiger partial charge in [-0.25, -0.2) is 9.59 Å². The van der Waals surface area contributed by atoms with Gasteiger partial charge in [0.05, 0.1) is 12.5 Å². The van der Waals surface area contributed by atoms with Gasteiger partial charge in [0.1, 0.15) is 25.9 Å². The highest BCUT2D eigenvalue weighted by Gasteiger charge is 2.37. The molecule has 0 saturated carbocycles. The third kappa shape index (κ3) is 5.70. The second-order valence-electron chi connectivity index (χ2n) is 6.33. The average molecular weight is 352 g/mol. The number of allylic oxidation sites excluding steroid dienone is 1. The Kier molecular flexibility index (Phi) is 6.75. The Balaban J connectivity index is 1.86. The van der Waals surface area contributed by atoms with Gasteiger partial charge in [-0.3, -0.25) is 4.79 Å². The molecule has 0 N–H and O–H groups in total. The van der Waals surface area contributed by atoms with Crippen LogP contribution in [0.4, 0.5) is 0 Å². The normalized spacial score (nSPS) is 24.7. The molecule has 138 valence electrons. The fraction of sp³-hybridized carbons (Fsp3) is 0.611. The van der Waals surface area contributed by atoms with E-state index >= 15 is 0 Å². The van der Waals surface area contributed by atoms with E-state index in [4.69, 9.17) is 18.9 Å². The summed E-state index contributed by atoms with van der Waals surface area (Å²) in [5.74, 6) is -2.25. The lowest BCUT2D eigenvalue weighted by Crippen LogP contribution is -2.33. The predicted octanol–water partition coefficient (Wildman–Crippen LogP) is 1.56. The lowest BCUT2D eigenvalue weighted by Gasteiger charge is -2.27. The van der Waals surface area contributed by atoms with Crippen molar-refractivity contribution >= 4 is 17.9 Å². The van der Waals surface area contributed by atoms with E-state index in [2.05, 4.69) is 6.58 Å². The van der Waals surface area contributed by atoms with Crippen LogP contribution in [0.2, 0.25) is 0 Å². The maximum atomic E-state index is 12.4. The Morgan fingerprint density at radius 3 is 2.56 bits per heavy atom. The van der Waals surface area contributed by atoms with Crippen LogP contribution in [0.25, 0.3) is 0 Å². The minimum atomic E-state index is -0.668. The van der Waals surface area contributed by atoms with Crippen LogP contribution in [-0.4, -0.2) is 50.4 Å². The highest BCUT2D eigenvalue weighted by molar-refractivity contribution is 5.96. The molecule has 0 aromatic rings. The van der Waals surface area contributed by atoms with Crippen molar-refractivity contribution in [1.29, 1.82) is 0 Å². The first kappa shape index (κ1) is 19.2. The van der Waals surface area contributed by atoms with E-state index in [1.54, 1.807) is 6.08 Å². The first-order chi connectivity index (χ1) is 11.9. The zero-order valence-corrected chi connectivity index (χ0v) is 14.6. The minimum Gasteiger partial charge on any atom is -0.462 e. The molecule has 0 bridgehead atoms. The highest BCUT2D eigenvalue weighted by Crippen LogP contribution is 2.32. The second kappa shape index (κ2) is 8.80. The largest absolute Gasteiger partial charge is 0.462 e. The molecule has 3 atom stereocenters. The Bertz CT molecular complexity index is 574. The van der Waals surface area contributed by atoms with Crippen molar-refractivity contribution in [2.24, 2.45) is 11.8 Å². The van der Waals surface area contributed by atoms with E-state index in [1.807, 2.05) is 6.92 Å². The average Bonchev–Trinajstić information content (AvgIpc) is 3.40. The van der Waals surface area contributed by atoms with Gasteiger partial charge in [-0.05, 0) is 25.7 Å². The number of hydrogen-bond acceptors (Lipinski definition) is 7. The number of esters is 3. The van der Waals surface area contributed by atoms with E-state index in [9.17, 15) is 14.4 Å². The molecule has 0 spiro atoms. The van der Waals surface area contributed by atoms with Gasteiger partial charge in [-0.15, -0.1) is 0 Å². The fourth-order valence-electron chi connectivity index (χ4n) is 2.58. The summed E-state index contributed by atoms with van der Waals surface area (Å²) in [6.45, 7) is 7.57. The Labute approximate surface area is 146 Å². The zero-order valence-electron chi connectivity index (χ0n) is 14.6. The molecule has 1 fully saturated rings. The summed E-state index contributed by atoms with van der Waals surface area (Å²) in [5, 5.41) is 0. The van der Waals surface area contributed by atoms with Crippen LogP contribution in [0.1, 0.15) is 26.7 Å². The molecule has 25 heavy (non-hydrogen) atoms. The monoisotopic (exact) mass is 352 g/mol. The van der Waals surface area contributed by atoms with Gasteiger partial charge in [0.25, 0.3) is 0 Å². The molecule has 2 aliphatic rings. The molecular weight excluding hydrogens is 328 g/mol. The predicted molar refractivity (Wildman–Crippen MR) is 87.4 cm³/mol. The zero-order chi connectivity index (χ0) is 18.4. The second-order valence-corrected chi connectivity index (χ2v) is 6.33. The van der Waals surface area contributed by atoms with Gasteiger partial charge >= 0.3 is 17.9 Å². The lowest BCUT2D eigenvalue weighted by atomic mass is 9.79. The van der Waals surface area contributed by atoms with E-state index in [-0.39, 0.29) is 37.4 Å². The van der Waals surface area contributed by atoms with Crippen LogP contribution < -0.4 is 0 Å². The van der Waals surface area contributed by atoms with Crippen LogP contribution in [0, 0.1) is 11.8 Å². The first-order valence-corrected chi connectivity index (χ1v) is 8.38. The lowest BCUT2D eigenvalue weighted by molar-refractivity contribution is -0.156. The summed E-state index contributed by atoms with van der Waals surface area (Å²) in [7, 11) is 0. The summed E-state index contributed by atoms with van der Waals surface area (Å²) in [6.07, 6.45) is 3.21. The topological polar surface area (TPSA) is 91.4 Å². The Hall–Kier alpha value is -2.15. The van der Waals surface area contributed by atoms with E-state index in [1.165, 1.54) is 6.92 Å². The highest BCUT2D eigenvalue weighted by atomic mass is 16.6. The van der Waals surface area contributed by atoms with Crippen LogP contribution in [-0.2, 0) is 33.3 Å². The number of hydrogen-bond donors (Lipinski definition) is 0. The van der Waals surface area contributed by atoms with E-state index in [0.717, 1.165) is 6.42 Å². The van der Waals surface area contributed by atoms with E-state index in [0.29, 0.717) is 18.6 Å². The van der Waals surface area contributed by atoms with Crippen LogP contribution in [0.5, 0.6) is 0 Å². The molecule has 1 saturated heterocycles. The number of carbonyl (C=O) groups excluding carboxylic acids is 3. The van der Waals surface area contributed by atoms with Gasteiger partial charge in [-0.2, -0.15) is 0 Å². The molecule has 1 aliphatic carbocycles. The molecule has 0 amide bonds. The van der Waals surface area contributed by atoms with Gasteiger partial charge in [0.2, 0.25) is 0 Å². The Morgan fingerprint density at radius 2 is 1.92 bits per heavy atom. The van der Waals surface area contributed by atoms with Crippen LogP contribution in [0.15, 0.2) is 23.8 Å². The number of epoxide rings is 1. The first-order valence-electron chi connectivity index (χ1n) is 8.38. The summed E-state index contributed by atoms with van der Waals surface area (Å²) < 4.78 is 20.3. The molecular formula is C18H24O7. The van der Waals surface area contributed by atoms with Crippen molar-refractivity contribution in [3.63, 3.8) is 0 Å². The van der Waals surface area contributed by atoms with Crippen LogP contribution >= 0.6 is 0 Å². The summed E-state index contributed by atoms with van der Waals surface area (Å²) in [6, 6.07) is 0. The summed E-state index contributed by atoms with van der Waals surface area (Å²) >= 11 is 0.